The normalized spacial score (nSPS) is 23.8. The number of nitrogens with one attached hydrogen (secondary N) is 1. The lowest BCUT2D eigenvalue weighted by Gasteiger charge is -2.32. The molecule has 0 amide bonds. The predicted octanol–water partition coefficient (Wildman–Crippen LogP) is 2.66. The van der Waals surface area contributed by atoms with Gasteiger partial charge in [0, 0.05) is 32.8 Å². The second-order valence-electron chi connectivity index (χ2n) is 6.20. The Morgan fingerprint density at radius 1 is 1.05 bits per heavy atom. The average Bonchev–Trinajstić information content (AvgIpc) is 2.47. The van der Waals surface area contributed by atoms with E-state index >= 15 is 0 Å². The molecule has 0 spiro atoms. The molecule has 1 aliphatic carbocycles. The van der Waals surface area contributed by atoms with Crippen molar-refractivity contribution in [1.29, 1.82) is 0 Å². The van der Waals surface area contributed by atoms with Crippen molar-refractivity contribution >= 4 is 0 Å². The van der Waals surface area contributed by atoms with Gasteiger partial charge in [0.25, 0.3) is 0 Å². The molecule has 1 heterocycles. The summed E-state index contributed by atoms with van der Waals surface area (Å²) in [6.45, 7) is 9.03. The third-order valence-electron chi connectivity index (χ3n) is 4.70. The van der Waals surface area contributed by atoms with Crippen molar-refractivity contribution in [1.82, 2.24) is 10.2 Å². The van der Waals surface area contributed by atoms with Crippen molar-refractivity contribution in [2.24, 2.45) is 5.92 Å². The first-order valence-electron chi connectivity index (χ1n) is 8.43. The summed E-state index contributed by atoms with van der Waals surface area (Å²) in [7, 11) is 0. The van der Waals surface area contributed by atoms with Gasteiger partial charge < -0.3 is 15.0 Å². The Bertz CT molecular complexity index is 221. The summed E-state index contributed by atoms with van der Waals surface area (Å²) < 4.78 is 5.69. The maximum atomic E-state index is 5.69. The van der Waals surface area contributed by atoms with E-state index in [4.69, 9.17) is 4.74 Å². The maximum Gasteiger partial charge on any atom is 0.0599 e. The smallest absolute Gasteiger partial charge is 0.0599 e. The molecule has 3 nitrogen and oxygen atoms in total. The zero-order valence-corrected chi connectivity index (χ0v) is 12.7. The molecule has 1 saturated heterocycles. The van der Waals surface area contributed by atoms with Crippen LogP contribution in [0.5, 0.6) is 0 Å². The lowest BCUT2D eigenvalue weighted by atomic mass is 9.89. The molecule has 0 radical (unpaired) electrons. The van der Waals surface area contributed by atoms with Crippen LogP contribution >= 0.6 is 0 Å². The number of nitrogens with zero attached hydrogens (tertiary/aromatic N) is 1. The zero-order valence-electron chi connectivity index (χ0n) is 12.7. The lowest BCUT2D eigenvalue weighted by Crippen LogP contribution is -2.41. The summed E-state index contributed by atoms with van der Waals surface area (Å²) in [6.07, 6.45) is 10.2. The summed E-state index contributed by atoms with van der Waals surface area (Å²) in [5.74, 6) is 0.956. The summed E-state index contributed by atoms with van der Waals surface area (Å²) >= 11 is 0. The SMILES string of the molecule is CCOC1CCN(CCNCC2CCCCC2)CC1. The van der Waals surface area contributed by atoms with Crippen molar-refractivity contribution in [3.8, 4) is 0 Å². The Labute approximate surface area is 119 Å². The molecule has 2 fully saturated rings. The van der Waals surface area contributed by atoms with E-state index in [1.165, 1.54) is 71.1 Å². The molecule has 2 aliphatic rings. The second-order valence-corrected chi connectivity index (χ2v) is 6.20. The van der Waals surface area contributed by atoms with Gasteiger partial charge in [0.15, 0.2) is 0 Å². The molecule has 0 aromatic rings. The van der Waals surface area contributed by atoms with Gasteiger partial charge in [0.1, 0.15) is 0 Å². The Balaban J connectivity index is 1.47. The van der Waals surface area contributed by atoms with Crippen LogP contribution in [-0.4, -0.2) is 50.3 Å². The standard InChI is InChI=1S/C16H32N2O/c1-2-19-16-8-11-18(12-9-16)13-10-17-14-15-6-4-3-5-7-15/h15-17H,2-14H2,1H3. The molecule has 1 saturated carbocycles. The van der Waals surface area contributed by atoms with Gasteiger partial charge in [-0.05, 0) is 45.1 Å². The Morgan fingerprint density at radius 2 is 1.79 bits per heavy atom. The maximum absolute atomic E-state index is 5.69. The summed E-state index contributed by atoms with van der Waals surface area (Å²) in [4.78, 5) is 2.59. The minimum absolute atomic E-state index is 0.524. The van der Waals surface area contributed by atoms with Gasteiger partial charge >= 0.3 is 0 Å². The van der Waals surface area contributed by atoms with Crippen LogP contribution in [0, 0.1) is 5.92 Å². The van der Waals surface area contributed by atoms with E-state index in [0.29, 0.717) is 6.10 Å². The fraction of sp³-hybridized carbons (Fsp3) is 1.00. The molecule has 0 unspecified atom stereocenters. The molecule has 1 N–H and O–H groups in total. The van der Waals surface area contributed by atoms with Gasteiger partial charge in [-0.3, -0.25) is 0 Å². The summed E-state index contributed by atoms with van der Waals surface area (Å²) in [5, 5.41) is 3.67. The predicted molar refractivity (Wildman–Crippen MR) is 80.5 cm³/mol. The van der Waals surface area contributed by atoms with E-state index in [1.54, 1.807) is 0 Å². The second kappa shape index (κ2) is 8.93. The molecular formula is C16H32N2O. The van der Waals surface area contributed by atoms with Crippen LogP contribution in [0.4, 0.5) is 0 Å². The molecule has 112 valence electrons. The Hall–Kier alpha value is -0.120. The fourth-order valence-electron chi connectivity index (χ4n) is 3.47. The summed E-state index contributed by atoms with van der Waals surface area (Å²) in [6, 6.07) is 0. The number of piperidine rings is 1. The number of likely N-dealkylation sites (tertiary alicyclic amines) is 1. The highest BCUT2D eigenvalue weighted by Gasteiger charge is 2.18. The molecule has 0 aromatic heterocycles. The molecular weight excluding hydrogens is 236 g/mol. The molecule has 1 aliphatic heterocycles. The monoisotopic (exact) mass is 268 g/mol. The molecule has 19 heavy (non-hydrogen) atoms. The highest BCUT2D eigenvalue weighted by molar-refractivity contribution is 4.73. The quantitative estimate of drug-likeness (QED) is 0.718. The number of ether oxygens (including phenoxy) is 1. The number of hydrogen-bond acceptors (Lipinski definition) is 3. The van der Waals surface area contributed by atoms with Gasteiger partial charge in [-0.15, -0.1) is 0 Å². The lowest BCUT2D eigenvalue weighted by molar-refractivity contribution is 0.0145. The van der Waals surface area contributed by atoms with Gasteiger partial charge in [-0.2, -0.15) is 0 Å². The minimum Gasteiger partial charge on any atom is -0.378 e. The van der Waals surface area contributed by atoms with Crippen molar-refractivity contribution < 1.29 is 4.74 Å². The largest absolute Gasteiger partial charge is 0.378 e. The number of rotatable bonds is 7. The van der Waals surface area contributed by atoms with Crippen LogP contribution < -0.4 is 5.32 Å². The Kier molecular flexibility index (Phi) is 7.18. The van der Waals surface area contributed by atoms with Crippen molar-refractivity contribution in [2.75, 3.05) is 39.3 Å². The van der Waals surface area contributed by atoms with Crippen molar-refractivity contribution in [2.45, 2.75) is 58.0 Å². The van der Waals surface area contributed by atoms with E-state index in [2.05, 4.69) is 17.1 Å². The number of hydrogen-bond donors (Lipinski definition) is 1. The first kappa shape index (κ1) is 15.3. The van der Waals surface area contributed by atoms with Gasteiger partial charge in [0.2, 0.25) is 0 Å². The zero-order chi connectivity index (χ0) is 13.3. The van der Waals surface area contributed by atoms with Crippen LogP contribution in [0.1, 0.15) is 51.9 Å². The highest BCUT2D eigenvalue weighted by Crippen LogP contribution is 2.22. The van der Waals surface area contributed by atoms with Crippen molar-refractivity contribution in [3.05, 3.63) is 0 Å². The van der Waals surface area contributed by atoms with Gasteiger partial charge in [0.05, 0.1) is 6.10 Å². The molecule has 0 bridgehead atoms. The van der Waals surface area contributed by atoms with Crippen LogP contribution in [0.2, 0.25) is 0 Å². The summed E-state index contributed by atoms with van der Waals surface area (Å²) in [5.41, 5.74) is 0. The average molecular weight is 268 g/mol. The van der Waals surface area contributed by atoms with E-state index in [9.17, 15) is 0 Å². The highest BCUT2D eigenvalue weighted by atomic mass is 16.5. The molecule has 3 heteroatoms. The van der Waals surface area contributed by atoms with E-state index in [1.807, 2.05) is 0 Å². The fourth-order valence-corrected chi connectivity index (χ4v) is 3.47. The molecule has 0 aromatic carbocycles. The third-order valence-corrected chi connectivity index (χ3v) is 4.70. The van der Waals surface area contributed by atoms with Crippen LogP contribution in [0.15, 0.2) is 0 Å². The minimum atomic E-state index is 0.524. The van der Waals surface area contributed by atoms with E-state index in [0.717, 1.165) is 19.1 Å². The van der Waals surface area contributed by atoms with Crippen LogP contribution in [0.3, 0.4) is 0 Å². The molecule has 0 atom stereocenters. The van der Waals surface area contributed by atoms with Gasteiger partial charge in [-0.25, -0.2) is 0 Å². The van der Waals surface area contributed by atoms with Gasteiger partial charge in [-0.1, -0.05) is 19.3 Å². The first-order valence-corrected chi connectivity index (χ1v) is 8.43. The first-order chi connectivity index (χ1) is 9.38. The molecule has 2 rings (SSSR count). The van der Waals surface area contributed by atoms with E-state index in [-0.39, 0.29) is 0 Å². The van der Waals surface area contributed by atoms with E-state index < -0.39 is 0 Å². The van der Waals surface area contributed by atoms with Crippen LogP contribution in [0.25, 0.3) is 0 Å². The third kappa shape index (κ3) is 5.80. The van der Waals surface area contributed by atoms with Crippen molar-refractivity contribution in [3.63, 3.8) is 0 Å². The topological polar surface area (TPSA) is 24.5 Å². The Morgan fingerprint density at radius 3 is 2.47 bits per heavy atom. The van der Waals surface area contributed by atoms with Crippen LogP contribution in [-0.2, 0) is 4.74 Å².